The van der Waals surface area contributed by atoms with Gasteiger partial charge in [-0.15, -0.1) is 0 Å². The van der Waals surface area contributed by atoms with E-state index >= 15 is 0 Å². The van der Waals surface area contributed by atoms with Crippen LogP contribution in [0, 0.1) is 0 Å². The third-order valence-corrected chi connectivity index (χ3v) is 9.41. The van der Waals surface area contributed by atoms with Crippen LogP contribution in [0.15, 0.2) is 150 Å². The third-order valence-electron chi connectivity index (χ3n) is 9.41. The van der Waals surface area contributed by atoms with Crippen LogP contribution in [0.1, 0.15) is 0 Å². The molecule has 9 aromatic rings. The van der Waals surface area contributed by atoms with E-state index in [0.29, 0.717) is 0 Å². The molecule has 0 unspecified atom stereocenters. The van der Waals surface area contributed by atoms with Crippen LogP contribution in [-0.4, -0.2) is 0 Å². The molecule has 0 amide bonds. The molecule has 0 aliphatic heterocycles. The second-order valence-electron chi connectivity index (χ2n) is 11.6. The summed E-state index contributed by atoms with van der Waals surface area (Å²) in [5.74, 6) is 0. The van der Waals surface area contributed by atoms with Crippen LogP contribution in [0.25, 0.3) is 98.8 Å². The van der Waals surface area contributed by atoms with Gasteiger partial charge in [0.05, 0.1) is 0 Å². The van der Waals surface area contributed by atoms with E-state index in [-0.39, 0.29) is 0 Å². The van der Waals surface area contributed by atoms with Crippen molar-refractivity contribution in [2.24, 2.45) is 0 Å². The van der Waals surface area contributed by atoms with Crippen LogP contribution in [0.4, 0.5) is 0 Å². The SMILES string of the molecule is c1ccc2c(c1)-c1cccc3c(-c4cccc5oc6ccc(-c7cc8ccccc8c8ccccc78)cc6c45)ccc-2c13. The number of hydrogen-bond acceptors (Lipinski definition) is 1. The maximum atomic E-state index is 6.49. The van der Waals surface area contributed by atoms with Crippen molar-refractivity contribution in [1.82, 2.24) is 0 Å². The zero-order chi connectivity index (χ0) is 28.1. The first-order valence-electron chi connectivity index (χ1n) is 14.9. The highest BCUT2D eigenvalue weighted by atomic mass is 16.3. The second-order valence-corrected chi connectivity index (χ2v) is 11.6. The largest absolute Gasteiger partial charge is 0.456 e. The van der Waals surface area contributed by atoms with Crippen molar-refractivity contribution in [1.29, 1.82) is 0 Å². The molecule has 1 aromatic heterocycles. The van der Waals surface area contributed by atoms with E-state index in [1.807, 2.05) is 0 Å². The molecule has 0 atom stereocenters. The molecule has 0 spiro atoms. The maximum absolute atomic E-state index is 6.49. The van der Waals surface area contributed by atoms with Gasteiger partial charge in [0.15, 0.2) is 0 Å². The molecule has 0 saturated carbocycles. The van der Waals surface area contributed by atoms with Gasteiger partial charge in [-0.25, -0.2) is 0 Å². The zero-order valence-corrected chi connectivity index (χ0v) is 23.3. The van der Waals surface area contributed by atoms with Crippen LogP contribution >= 0.6 is 0 Å². The lowest BCUT2D eigenvalue weighted by atomic mass is 9.90. The molecule has 1 heteroatoms. The predicted octanol–water partition coefficient (Wildman–Crippen LogP) is 12.0. The maximum Gasteiger partial charge on any atom is 0.136 e. The first kappa shape index (κ1) is 23.0. The van der Waals surface area contributed by atoms with E-state index in [1.165, 1.54) is 82.2 Å². The fourth-order valence-electron chi connectivity index (χ4n) is 7.56. The summed E-state index contributed by atoms with van der Waals surface area (Å²) in [5, 5.41) is 10.0. The van der Waals surface area contributed by atoms with Gasteiger partial charge in [-0.3, -0.25) is 0 Å². The van der Waals surface area contributed by atoms with Gasteiger partial charge >= 0.3 is 0 Å². The summed E-state index contributed by atoms with van der Waals surface area (Å²) in [6.07, 6.45) is 0. The lowest BCUT2D eigenvalue weighted by Gasteiger charge is -2.12. The summed E-state index contributed by atoms with van der Waals surface area (Å²) in [5.41, 5.74) is 12.0. The fourth-order valence-corrected chi connectivity index (χ4v) is 7.56. The van der Waals surface area contributed by atoms with Gasteiger partial charge in [-0.05, 0) is 101 Å². The Balaban J connectivity index is 1.25. The summed E-state index contributed by atoms with van der Waals surface area (Å²) in [4.78, 5) is 0. The van der Waals surface area contributed by atoms with Crippen molar-refractivity contribution in [2.45, 2.75) is 0 Å². The Labute approximate surface area is 248 Å². The number of furan rings is 1. The fraction of sp³-hybridized carbons (Fsp3) is 0. The second kappa shape index (κ2) is 8.44. The number of rotatable bonds is 2. The van der Waals surface area contributed by atoms with Crippen molar-refractivity contribution in [2.75, 3.05) is 0 Å². The third kappa shape index (κ3) is 3.11. The Kier molecular flexibility index (Phi) is 4.51. The Hall–Kier alpha value is -5.66. The molecule has 1 aliphatic rings. The minimum atomic E-state index is 0.912. The Morgan fingerprint density at radius 3 is 1.79 bits per heavy atom. The summed E-state index contributed by atoms with van der Waals surface area (Å²) >= 11 is 0. The van der Waals surface area contributed by atoms with Crippen molar-refractivity contribution in [3.8, 4) is 44.5 Å². The van der Waals surface area contributed by atoms with Gasteiger partial charge in [-0.2, -0.15) is 0 Å². The molecular formula is C42H24O. The van der Waals surface area contributed by atoms with E-state index in [0.717, 1.165) is 16.6 Å². The van der Waals surface area contributed by atoms with Crippen LogP contribution < -0.4 is 0 Å². The summed E-state index contributed by atoms with van der Waals surface area (Å²) < 4.78 is 6.49. The molecule has 1 nitrogen and oxygen atoms in total. The van der Waals surface area contributed by atoms with E-state index in [2.05, 4.69) is 146 Å². The average molecular weight is 545 g/mol. The number of benzene rings is 8. The van der Waals surface area contributed by atoms with E-state index in [9.17, 15) is 0 Å². The Morgan fingerprint density at radius 1 is 0.302 bits per heavy atom. The van der Waals surface area contributed by atoms with Crippen molar-refractivity contribution in [3.63, 3.8) is 0 Å². The normalized spacial score (nSPS) is 12.2. The molecule has 198 valence electrons. The molecule has 10 rings (SSSR count). The monoisotopic (exact) mass is 544 g/mol. The minimum absolute atomic E-state index is 0.912. The van der Waals surface area contributed by atoms with Gasteiger partial charge < -0.3 is 4.42 Å². The van der Waals surface area contributed by atoms with Gasteiger partial charge in [0, 0.05) is 10.8 Å². The first-order valence-corrected chi connectivity index (χ1v) is 14.9. The molecule has 43 heavy (non-hydrogen) atoms. The molecule has 1 aliphatic carbocycles. The predicted molar refractivity (Wildman–Crippen MR) is 182 cm³/mol. The molecule has 0 fully saturated rings. The summed E-state index contributed by atoms with van der Waals surface area (Å²) in [6, 6.07) is 53.0. The standard InChI is InChI=1S/C42H24O/c1-2-10-27-25(9-1)23-37(31-14-6-3-11-28(27)31)26-19-22-39-38(24-26)42-35(17-8-18-40(42)43-39)32-20-21-36-30-13-5-4-12-29(30)33-15-7-16-34(32)41(33)36/h1-24H. The van der Waals surface area contributed by atoms with Crippen molar-refractivity contribution in [3.05, 3.63) is 146 Å². The molecule has 1 heterocycles. The highest BCUT2D eigenvalue weighted by molar-refractivity contribution is 6.22. The topological polar surface area (TPSA) is 13.1 Å². The van der Waals surface area contributed by atoms with Crippen molar-refractivity contribution < 1.29 is 4.42 Å². The Bertz CT molecular complexity index is 2590. The van der Waals surface area contributed by atoms with Crippen LogP contribution in [-0.2, 0) is 0 Å². The van der Waals surface area contributed by atoms with Crippen molar-refractivity contribution >= 4 is 54.3 Å². The van der Waals surface area contributed by atoms with Gasteiger partial charge in [0.2, 0.25) is 0 Å². The van der Waals surface area contributed by atoms with E-state index in [4.69, 9.17) is 4.42 Å². The number of hydrogen-bond donors (Lipinski definition) is 0. The van der Waals surface area contributed by atoms with E-state index in [1.54, 1.807) is 0 Å². The molecular weight excluding hydrogens is 520 g/mol. The quantitative estimate of drug-likeness (QED) is 0.197. The van der Waals surface area contributed by atoms with Crippen LogP contribution in [0.5, 0.6) is 0 Å². The highest BCUT2D eigenvalue weighted by Crippen LogP contribution is 2.50. The number of fused-ring (bicyclic) bond motifs is 9. The molecule has 0 bridgehead atoms. The average Bonchev–Trinajstić information content (AvgIpc) is 3.61. The van der Waals surface area contributed by atoms with Crippen LogP contribution in [0.2, 0.25) is 0 Å². The highest BCUT2D eigenvalue weighted by Gasteiger charge is 2.23. The summed E-state index contributed by atoms with van der Waals surface area (Å²) in [7, 11) is 0. The molecule has 0 saturated heterocycles. The van der Waals surface area contributed by atoms with Gasteiger partial charge in [-0.1, -0.05) is 121 Å². The molecule has 0 N–H and O–H groups in total. The lowest BCUT2D eigenvalue weighted by molar-refractivity contribution is 0.669. The van der Waals surface area contributed by atoms with Crippen LogP contribution in [0.3, 0.4) is 0 Å². The first-order chi connectivity index (χ1) is 21.3. The minimum Gasteiger partial charge on any atom is -0.456 e. The van der Waals surface area contributed by atoms with Gasteiger partial charge in [0.1, 0.15) is 11.2 Å². The zero-order valence-electron chi connectivity index (χ0n) is 23.3. The smallest absolute Gasteiger partial charge is 0.136 e. The van der Waals surface area contributed by atoms with Gasteiger partial charge in [0.25, 0.3) is 0 Å². The Morgan fingerprint density at radius 2 is 0.930 bits per heavy atom. The lowest BCUT2D eigenvalue weighted by Crippen LogP contribution is -1.86. The molecule has 0 radical (unpaired) electrons. The molecule has 8 aromatic carbocycles. The summed E-state index contributed by atoms with van der Waals surface area (Å²) in [6.45, 7) is 0. The van der Waals surface area contributed by atoms with E-state index < -0.39 is 0 Å².